The van der Waals surface area contributed by atoms with E-state index in [-0.39, 0.29) is 22.6 Å². The zero-order chi connectivity index (χ0) is 28.8. The monoisotopic (exact) mass is 555 g/mol. The van der Waals surface area contributed by atoms with E-state index in [9.17, 15) is 14.4 Å². The van der Waals surface area contributed by atoms with Gasteiger partial charge in [-0.3, -0.25) is 9.69 Å². The Morgan fingerprint density at radius 3 is 2.50 bits per heavy atom. The first-order valence-corrected chi connectivity index (χ1v) is 13.6. The average molecular weight is 556 g/mol. The molecular weight excluding hydrogens is 525 g/mol. The van der Waals surface area contributed by atoms with Gasteiger partial charge in [0.05, 0.1) is 23.2 Å². The molecule has 3 aromatic rings. The number of hydrogen-bond donors (Lipinski definition) is 1. The maximum atomic E-state index is 14.3. The first-order chi connectivity index (χ1) is 19.0. The van der Waals surface area contributed by atoms with Gasteiger partial charge in [0.2, 0.25) is 0 Å². The smallest absolute Gasteiger partial charge is 0.162 e. The van der Waals surface area contributed by atoms with E-state index in [2.05, 4.69) is 12.1 Å². The van der Waals surface area contributed by atoms with Crippen molar-refractivity contribution < 1.29 is 13.9 Å². The van der Waals surface area contributed by atoms with Crippen molar-refractivity contribution in [3.8, 4) is 11.8 Å². The molecule has 0 saturated carbocycles. The molecule has 7 heteroatoms. The Balaban J connectivity index is 1.66. The van der Waals surface area contributed by atoms with Gasteiger partial charge in [-0.15, -0.1) is 0 Å². The Morgan fingerprint density at radius 1 is 1.10 bits per heavy atom. The quantitative estimate of drug-likeness (QED) is 0.350. The van der Waals surface area contributed by atoms with Crippen LogP contribution < -0.4 is 15.4 Å². The predicted molar refractivity (Wildman–Crippen MR) is 155 cm³/mol. The topological polar surface area (TPSA) is 79.4 Å². The highest BCUT2D eigenvalue weighted by Gasteiger charge is 2.45. The second-order valence-corrected chi connectivity index (χ2v) is 11.8. The molecule has 0 aromatic heterocycles. The summed E-state index contributed by atoms with van der Waals surface area (Å²) >= 11 is 6.01. The van der Waals surface area contributed by atoms with Crippen LogP contribution in [-0.2, 0) is 11.4 Å². The van der Waals surface area contributed by atoms with Crippen molar-refractivity contribution in [2.75, 3.05) is 4.90 Å². The van der Waals surface area contributed by atoms with Gasteiger partial charge in [0.15, 0.2) is 5.78 Å². The fourth-order valence-electron chi connectivity index (χ4n) is 5.80. The molecule has 40 heavy (non-hydrogen) atoms. The molecule has 1 atom stereocenters. The van der Waals surface area contributed by atoms with Crippen LogP contribution in [0.25, 0.3) is 0 Å². The van der Waals surface area contributed by atoms with Gasteiger partial charge >= 0.3 is 0 Å². The van der Waals surface area contributed by atoms with E-state index in [4.69, 9.17) is 22.1 Å². The zero-order valence-corrected chi connectivity index (χ0v) is 23.8. The van der Waals surface area contributed by atoms with Gasteiger partial charge in [-0.2, -0.15) is 5.26 Å². The molecule has 3 aromatic carbocycles. The molecule has 1 aliphatic carbocycles. The molecule has 1 aliphatic heterocycles. The Hall–Kier alpha value is -4.08. The van der Waals surface area contributed by atoms with Gasteiger partial charge in [-0.1, -0.05) is 43.6 Å². The number of aryl methyl sites for hydroxylation is 2. The predicted octanol–water partition coefficient (Wildman–Crippen LogP) is 7.62. The Kier molecular flexibility index (Phi) is 7.20. The molecule has 0 fully saturated rings. The van der Waals surface area contributed by atoms with Gasteiger partial charge in [0.25, 0.3) is 0 Å². The number of rotatable bonds is 5. The van der Waals surface area contributed by atoms with Crippen molar-refractivity contribution in [1.82, 2.24) is 0 Å². The van der Waals surface area contributed by atoms with Gasteiger partial charge < -0.3 is 10.5 Å². The summed E-state index contributed by atoms with van der Waals surface area (Å²) in [6, 6.07) is 19.6. The lowest BCUT2D eigenvalue weighted by atomic mass is 9.68. The second-order valence-electron chi connectivity index (χ2n) is 11.3. The van der Waals surface area contributed by atoms with Gasteiger partial charge in [-0.05, 0) is 90.4 Å². The molecule has 204 valence electrons. The number of carbonyl (C=O) groups is 1. The van der Waals surface area contributed by atoms with Crippen LogP contribution >= 0.6 is 11.6 Å². The third-order valence-electron chi connectivity index (χ3n) is 7.69. The first-order valence-electron chi connectivity index (χ1n) is 13.2. The second kappa shape index (κ2) is 10.5. The summed E-state index contributed by atoms with van der Waals surface area (Å²) in [5, 5.41) is 11.1. The fourth-order valence-corrected chi connectivity index (χ4v) is 5.93. The summed E-state index contributed by atoms with van der Waals surface area (Å²) in [4.78, 5) is 15.6. The van der Waals surface area contributed by atoms with Crippen LogP contribution in [0.2, 0.25) is 5.02 Å². The minimum Gasteiger partial charge on any atom is -0.489 e. The summed E-state index contributed by atoms with van der Waals surface area (Å²) in [5.74, 6) is -0.193. The fraction of sp³-hybridized carbons (Fsp3) is 0.273. The van der Waals surface area contributed by atoms with Crippen molar-refractivity contribution in [3.05, 3.63) is 116 Å². The standard InChI is InChI=1S/C33H31ClFN3O2/c1-19-12-20(2)26(13-21(19)18-40-25-10-8-22(34)9-11-25)30-27(17-36)32(37)38(24-7-5-6-23(35)14-24)28-15-33(3,4)16-29(39)31(28)30/h5-14,30H,15-16,18,37H2,1-4H3. The number of hydrogen-bond acceptors (Lipinski definition) is 5. The van der Waals surface area contributed by atoms with Crippen LogP contribution in [0.3, 0.4) is 0 Å². The Labute approximate surface area is 239 Å². The van der Waals surface area contributed by atoms with Crippen LogP contribution in [0.1, 0.15) is 54.9 Å². The molecule has 1 heterocycles. The molecule has 0 spiro atoms. The maximum absolute atomic E-state index is 14.3. The lowest BCUT2D eigenvalue weighted by molar-refractivity contribution is -0.118. The minimum absolute atomic E-state index is 0.0307. The molecule has 5 nitrogen and oxygen atoms in total. The Bertz CT molecular complexity index is 1620. The van der Waals surface area contributed by atoms with E-state index < -0.39 is 11.7 Å². The highest BCUT2D eigenvalue weighted by Crippen LogP contribution is 2.50. The largest absolute Gasteiger partial charge is 0.489 e. The van der Waals surface area contributed by atoms with Crippen LogP contribution in [0.15, 0.2) is 83.3 Å². The lowest BCUT2D eigenvalue weighted by Crippen LogP contribution is -2.42. The van der Waals surface area contributed by atoms with Crippen LogP contribution in [0, 0.1) is 36.4 Å². The van der Waals surface area contributed by atoms with Gasteiger partial charge in [0.1, 0.15) is 24.0 Å². The number of nitriles is 1. The molecule has 2 N–H and O–H groups in total. The first kappa shape index (κ1) is 27.5. The SMILES string of the molecule is Cc1cc(C)c(C2C(C#N)=C(N)N(c3cccc(F)c3)C3=C2C(=O)CC(C)(C)C3)cc1COc1ccc(Cl)cc1. The normalized spacial score (nSPS) is 18.5. The number of ketones is 1. The van der Waals surface area contributed by atoms with E-state index >= 15 is 0 Å². The maximum Gasteiger partial charge on any atom is 0.162 e. The highest BCUT2D eigenvalue weighted by molar-refractivity contribution is 6.30. The number of carbonyl (C=O) groups excluding carboxylic acids is 1. The number of halogens is 2. The van der Waals surface area contributed by atoms with Crippen molar-refractivity contribution in [3.63, 3.8) is 0 Å². The third-order valence-corrected chi connectivity index (χ3v) is 7.94. The van der Waals surface area contributed by atoms with Crippen molar-refractivity contribution >= 4 is 23.1 Å². The van der Waals surface area contributed by atoms with E-state index in [1.807, 2.05) is 45.9 Å². The number of ether oxygens (including phenoxy) is 1. The van der Waals surface area contributed by atoms with E-state index in [1.165, 1.54) is 12.1 Å². The number of allylic oxidation sites excluding steroid dienone is 3. The molecule has 0 amide bonds. The van der Waals surface area contributed by atoms with Crippen molar-refractivity contribution in [1.29, 1.82) is 5.26 Å². The number of Topliss-reactive ketones (excluding diaryl/α,β-unsaturated/α-hetero) is 1. The number of benzene rings is 3. The summed E-state index contributed by atoms with van der Waals surface area (Å²) in [6.07, 6.45) is 0.896. The number of nitrogens with zero attached hydrogens (tertiary/aromatic N) is 2. The van der Waals surface area contributed by atoms with Gasteiger partial charge in [-0.25, -0.2) is 4.39 Å². The zero-order valence-electron chi connectivity index (χ0n) is 23.0. The van der Waals surface area contributed by atoms with Gasteiger partial charge in [0, 0.05) is 22.7 Å². The molecule has 5 rings (SSSR count). The highest BCUT2D eigenvalue weighted by atomic mass is 35.5. The Morgan fingerprint density at radius 2 is 1.82 bits per heavy atom. The van der Waals surface area contributed by atoms with E-state index in [0.29, 0.717) is 47.2 Å². The summed E-state index contributed by atoms with van der Waals surface area (Å²) in [6.45, 7) is 8.37. The molecule has 1 unspecified atom stereocenters. The minimum atomic E-state index is -0.636. The van der Waals surface area contributed by atoms with Crippen molar-refractivity contribution in [2.45, 2.75) is 53.1 Å². The summed E-state index contributed by atoms with van der Waals surface area (Å²) in [5.41, 5.74) is 12.2. The molecular formula is C33H31ClFN3O2. The van der Waals surface area contributed by atoms with Crippen molar-refractivity contribution in [2.24, 2.45) is 11.1 Å². The average Bonchev–Trinajstić information content (AvgIpc) is 2.88. The molecule has 0 radical (unpaired) electrons. The van der Waals surface area contributed by atoms with E-state index in [0.717, 1.165) is 22.3 Å². The molecule has 2 aliphatic rings. The third kappa shape index (κ3) is 5.10. The summed E-state index contributed by atoms with van der Waals surface area (Å²) < 4.78 is 20.4. The van der Waals surface area contributed by atoms with E-state index in [1.54, 1.807) is 29.2 Å². The number of nitrogens with two attached hydrogens (primary N) is 1. The number of anilines is 1. The van der Waals surface area contributed by atoms with Crippen LogP contribution in [0.4, 0.5) is 10.1 Å². The van der Waals surface area contributed by atoms with Crippen LogP contribution in [-0.4, -0.2) is 5.78 Å². The summed E-state index contributed by atoms with van der Waals surface area (Å²) in [7, 11) is 0. The molecule has 0 saturated heterocycles. The molecule has 0 bridgehead atoms. The van der Waals surface area contributed by atoms with Crippen LogP contribution in [0.5, 0.6) is 5.75 Å². The lowest BCUT2D eigenvalue weighted by Gasteiger charge is -2.44.